The predicted molar refractivity (Wildman–Crippen MR) is 63.7 cm³/mol. The van der Waals surface area contributed by atoms with Crippen molar-refractivity contribution in [1.82, 2.24) is 0 Å². The first-order valence-corrected chi connectivity index (χ1v) is 5.93. The first-order valence-electron chi connectivity index (χ1n) is 5.93. The van der Waals surface area contributed by atoms with Crippen molar-refractivity contribution in [3.8, 4) is 0 Å². The first-order chi connectivity index (χ1) is 7.17. The van der Waals surface area contributed by atoms with Gasteiger partial charge in [0.2, 0.25) is 0 Å². The maximum Gasteiger partial charge on any atom is 0.0849 e. The van der Waals surface area contributed by atoms with E-state index in [1.54, 1.807) is 0 Å². The summed E-state index contributed by atoms with van der Waals surface area (Å²) in [6.45, 7) is 7.70. The van der Waals surface area contributed by atoms with Crippen LogP contribution in [0.15, 0.2) is 17.9 Å². The Hall–Kier alpha value is -0.560. The topological polar surface area (TPSA) is 40.5 Å². The Morgan fingerprint density at radius 3 is 1.73 bits per heavy atom. The molecule has 0 saturated carbocycles. The predicted octanol–water partition coefficient (Wildman–Crippen LogP) is 2.80. The maximum absolute atomic E-state index is 9.81. The van der Waals surface area contributed by atoms with E-state index in [9.17, 15) is 10.2 Å². The summed E-state index contributed by atoms with van der Waals surface area (Å²) >= 11 is 0. The summed E-state index contributed by atoms with van der Waals surface area (Å²) in [6.07, 6.45) is 4.26. The number of hydrogen-bond donors (Lipinski definition) is 2. The van der Waals surface area contributed by atoms with Gasteiger partial charge in [0, 0.05) is 5.57 Å². The molecule has 2 nitrogen and oxygen atoms in total. The minimum absolute atomic E-state index is 0.567. The van der Waals surface area contributed by atoms with Gasteiger partial charge in [-0.3, -0.25) is 0 Å². The fourth-order valence-corrected chi connectivity index (χ4v) is 1.56. The van der Waals surface area contributed by atoms with Gasteiger partial charge in [-0.2, -0.15) is 0 Å². The van der Waals surface area contributed by atoms with E-state index in [4.69, 9.17) is 0 Å². The van der Waals surface area contributed by atoms with Gasteiger partial charge in [-0.15, -0.1) is 5.73 Å². The van der Waals surface area contributed by atoms with E-state index in [1.165, 1.54) is 0 Å². The molecule has 0 fully saturated rings. The number of aliphatic hydroxyl groups excluding tert-OH is 2. The highest BCUT2D eigenvalue weighted by molar-refractivity contribution is 5.11. The Labute approximate surface area is 93.3 Å². The Bertz CT molecular complexity index is 189. The largest absolute Gasteiger partial charge is 0.388 e. The van der Waals surface area contributed by atoms with Crippen LogP contribution in [0.1, 0.15) is 52.4 Å². The second kappa shape index (κ2) is 8.72. The summed E-state index contributed by atoms with van der Waals surface area (Å²) in [6, 6.07) is 0. The summed E-state index contributed by atoms with van der Waals surface area (Å²) in [5, 5.41) is 19.6. The summed E-state index contributed by atoms with van der Waals surface area (Å²) in [5.74, 6) is 0. The standard InChI is InChI=1S/C13H24O2/c1-4-7-9-12(14)11(6-3)13(15)10-8-5-2/h12-15H,3-5,7-10H2,1-2H3. The molecule has 0 aromatic rings. The molecule has 15 heavy (non-hydrogen) atoms. The van der Waals surface area contributed by atoms with Gasteiger partial charge >= 0.3 is 0 Å². The highest BCUT2D eigenvalue weighted by Gasteiger charge is 2.17. The molecule has 0 aliphatic heterocycles. The van der Waals surface area contributed by atoms with E-state index in [0.29, 0.717) is 18.4 Å². The number of rotatable bonds is 8. The lowest BCUT2D eigenvalue weighted by atomic mass is 9.97. The van der Waals surface area contributed by atoms with Crippen LogP contribution in [0, 0.1) is 0 Å². The molecular weight excluding hydrogens is 188 g/mol. The van der Waals surface area contributed by atoms with E-state index in [2.05, 4.69) is 26.2 Å². The van der Waals surface area contributed by atoms with Crippen molar-refractivity contribution >= 4 is 0 Å². The SMILES string of the molecule is C=C=C(C(O)CCCC)C(O)CCCC. The van der Waals surface area contributed by atoms with Crippen LogP contribution >= 0.6 is 0 Å². The van der Waals surface area contributed by atoms with Gasteiger partial charge in [0.05, 0.1) is 12.2 Å². The van der Waals surface area contributed by atoms with Crippen LogP contribution in [0.3, 0.4) is 0 Å². The minimum Gasteiger partial charge on any atom is -0.388 e. The smallest absolute Gasteiger partial charge is 0.0849 e. The van der Waals surface area contributed by atoms with E-state index in [-0.39, 0.29) is 0 Å². The number of aliphatic hydroxyl groups is 2. The molecule has 0 spiro atoms. The molecule has 0 rings (SSSR count). The third-order valence-corrected chi connectivity index (χ3v) is 2.58. The Kier molecular flexibility index (Phi) is 8.40. The Balaban J connectivity index is 4.16. The lowest BCUT2D eigenvalue weighted by Gasteiger charge is -2.18. The van der Waals surface area contributed by atoms with Crippen LogP contribution in [0.4, 0.5) is 0 Å². The van der Waals surface area contributed by atoms with Gasteiger partial charge in [-0.05, 0) is 12.8 Å². The number of unbranched alkanes of at least 4 members (excludes halogenated alkanes) is 2. The molecule has 0 amide bonds. The zero-order valence-electron chi connectivity index (χ0n) is 10.00. The molecule has 0 aliphatic carbocycles. The van der Waals surface area contributed by atoms with Crippen LogP contribution in [0.5, 0.6) is 0 Å². The van der Waals surface area contributed by atoms with E-state index in [1.807, 2.05) is 0 Å². The van der Waals surface area contributed by atoms with Crippen LogP contribution in [0.25, 0.3) is 0 Å². The molecule has 0 aromatic heterocycles. The van der Waals surface area contributed by atoms with E-state index in [0.717, 1.165) is 25.7 Å². The van der Waals surface area contributed by atoms with Crippen LogP contribution in [0.2, 0.25) is 0 Å². The fourth-order valence-electron chi connectivity index (χ4n) is 1.56. The third-order valence-electron chi connectivity index (χ3n) is 2.58. The molecule has 0 aromatic carbocycles. The van der Waals surface area contributed by atoms with Crippen LogP contribution in [-0.4, -0.2) is 22.4 Å². The van der Waals surface area contributed by atoms with Crippen molar-refractivity contribution in [3.63, 3.8) is 0 Å². The van der Waals surface area contributed by atoms with Crippen molar-refractivity contribution in [2.24, 2.45) is 0 Å². The van der Waals surface area contributed by atoms with Gasteiger partial charge < -0.3 is 10.2 Å². The molecule has 0 radical (unpaired) electrons. The average molecular weight is 212 g/mol. The summed E-state index contributed by atoms with van der Waals surface area (Å²) in [4.78, 5) is 0. The molecular formula is C13H24O2. The van der Waals surface area contributed by atoms with Crippen molar-refractivity contribution in [1.29, 1.82) is 0 Å². The summed E-state index contributed by atoms with van der Waals surface area (Å²) in [7, 11) is 0. The van der Waals surface area contributed by atoms with E-state index >= 15 is 0 Å². The van der Waals surface area contributed by atoms with Gasteiger partial charge in [-0.25, -0.2) is 0 Å². The number of hydrogen-bond acceptors (Lipinski definition) is 2. The molecule has 0 bridgehead atoms. The normalized spacial score (nSPS) is 14.4. The van der Waals surface area contributed by atoms with Gasteiger partial charge in [0.1, 0.15) is 0 Å². The van der Waals surface area contributed by atoms with Gasteiger partial charge in [-0.1, -0.05) is 46.1 Å². The molecule has 2 atom stereocenters. The van der Waals surface area contributed by atoms with Crippen molar-refractivity contribution in [2.75, 3.05) is 0 Å². The fraction of sp³-hybridized carbons (Fsp3) is 0.769. The molecule has 2 N–H and O–H groups in total. The van der Waals surface area contributed by atoms with Crippen LogP contribution in [-0.2, 0) is 0 Å². The molecule has 2 unspecified atom stereocenters. The quantitative estimate of drug-likeness (QED) is 0.607. The Morgan fingerprint density at radius 2 is 1.47 bits per heavy atom. The monoisotopic (exact) mass is 212 g/mol. The Morgan fingerprint density at radius 1 is 1.07 bits per heavy atom. The molecule has 0 aliphatic rings. The molecule has 2 heteroatoms. The molecule has 0 heterocycles. The lowest BCUT2D eigenvalue weighted by Crippen LogP contribution is -2.21. The minimum atomic E-state index is -0.575. The second-order valence-corrected chi connectivity index (χ2v) is 3.95. The third kappa shape index (κ3) is 5.78. The van der Waals surface area contributed by atoms with Gasteiger partial charge in [0.15, 0.2) is 0 Å². The highest BCUT2D eigenvalue weighted by Crippen LogP contribution is 2.16. The summed E-state index contributed by atoms with van der Waals surface area (Å²) < 4.78 is 0. The second-order valence-electron chi connectivity index (χ2n) is 3.95. The first kappa shape index (κ1) is 14.4. The zero-order chi connectivity index (χ0) is 11.7. The van der Waals surface area contributed by atoms with Gasteiger partial charge in [0.25, 0.3) is 0 Å². The molecule has 0 saturated heterocycles. The van der Waals surface area contributed by atoms with Crippen molar-refractivity contribution in [2.45, 2.75) is 64.6 Å². The van der Waals surface area contributed by atoms with E-state index < -0.39 is 12.2 Å². The maximum atomic E-state index is 9.81. The highest BCUT2D eigenvalue weighted by atomic mass is 16.3. The van der Waals surface area contributed by atoms with Crippen LogP contribution < -0.4 is 0 Å². The van der Waals surface area contributed by atoms with Crippen molar-refractivity contribution < 1.29 is 10.2 Å². The zero-order valence-corrected chi connectivity index (χ0v) is 10.00. The van der Waals surface area contributed by atoms with Crippen molar-refractivity contribution in [3.05, 3.63) is 17.9 Å². The molecule has 88 valence electrons. The summed E-state index contributed by atoms with van der Waals surface area (Å²) in [5.41, 5.74) is 3.25. The lowest BCUT2D eigenvalue weighted by molar-refractivity contribution is 0.130. The average Bonchev–Trinajstić information content (AvgIpc) is 2.24.